The number of nitrogen functional groups attached to an aromatic ring is 1. The molecule has 1 aromatic rings. The lowest BCUT2D eigenvalue weighted by Gasteiger charge is -2.20. The van der Waals surface area contributed by atoms with Gasteiger partial charge in [0.25, 0.3) is 5.91 Å². The van der Waals surface area contributed by atoms with E-state index in [1.165, 1.54) is 18.2 Å². The Kier molecular flexibility index (Phi) is 5.76. The number of hydrogen-bond acceptors (Lipinski definition) is 5. The van der Waals surface area contributed by atoms with Gasteiger partial charge >= 0.3 is 12.0 Å². The number of carbonyl (C=O) groups is 3. The zero-order valence-corrected chi connectivity index (χ0v) is 13.3. The van der Waals surface area contributed by atoms with Gasteiger partial charge in [0.1, 0.15) is 0 Å². The number of esters is 1. The number of amides is 3. The van der Waals surface area contributed by atoms with Gasteiger partial charge < -0.3 is 15.8 Å². The first kappa shape index (κ1) is 17.8. The molecule has 3 amide bonds. The largest absolute Gasteiger partial charge is 0.452 e. The molecule has 0 bridgehead atoms. The van der Waals surface area contributed by atoms with Gasteiger partial charge in [-0.3, -0.25) is 10.1 Å². The average molecular weight is 328 g/mol. The zero-order valence-electron chi connectivity index (χ0n) is 12.5. The third kappa shape index (κ3) is 6.01. The molecule has 7 nitrogen and oxygen atoms in total. The maximum Gasteiger partial charge on any atom is 0.340 e. The highest BCUT2D eigenvalue weighted by Crippen LogP contribution is 2.18. The maximum absolute atomic E-state index is 11.8. The molecule has 0 radical (unpaired) electrons. The SMILES string of the molecule is CC(C)(C)NC(=O)NC(=O)COC(=O)c1ccc(Cl)cc1N. The predicted molar refractivity (Wildman–Crippen MR) is 82.6 cm³/mol. The van der Waals surface area contributed by atoms with Crippen LogP contribution in [0.25, 0.3) is 0 Å². The van der Waals surface area contributed by atoms with Crippen LogP contribution in [0.5, 0.6) is 0 Å². The van der Waals surface area contributed by atoms with E-state index < -0.39 is 30.1 Å². The molecule has 1 rings (SSSR count). The molecule has 1 aromatic carbocycles. The van der Waals surface area contributed by atoms with Crippen LogP contribution in [-0.4, -0.2) is 30.1 Å². The number of nitrogens with two attached hydrogens (primary N) is 1. The molecule has 0 heterocycles. The summed E-state index contributed by atoms with van der Waals surface area (Å²) in [6, 6.07) is 3.60. The first-order valence-corrected chi connectivity index (χ1v) is 6.80. The van der Waals surface area contributed by atoms with Crippen LogP contribution >= 0.6 is 11.6 Å². The summed E-state index contributed by atoms with van der Waals surface area (Å²) in [7, 11) is 0. The summed E-state index contributed by atoms with van der Waals surface area (Å²) in [6.07, 6.45) is 0. The highest BCUT2D eigenvalue weighted by molar-refractivity contribution is 6.31. The van der Waals surface area contributed by atoms with E-state index in [0.29, 0.717) is 5.02 Å². The molecule has 22 heavy (non-hydrogen) atoms. The van der Waals surface area contributed by atoms with Gasteiger partial charge in [0.05, 0.1) is 5.56 Å². The first-order valence-electron chi connectivity index (χ1n) is 6.42. The highest BCUT2D eigenvalue weighted by Gasteiger charge is 2.17. The molecule has 0 saturated heterocycles. The lowest BCUT2D eigenvalue weighted by atomic mass is 10.1. The second kappa shape index (κ2) is 7.13. The standard InChI is InChI=1S/C14H18ClN3O4/c1-14(2,3)18-13(21)17-11(19)7-22-12(20)9-5-4-8(15)6-10(9)16/h4-6H,7,16H2,1-3H3,(H2,17,18,19,21). The van der Waals surface area contributed by atoms with Crippen LogP contribution in [0.4, 0.5) is 10.5 Å². The Morgan fingerprint density at radius 3 is 2.45 bits per heavy atom. The third-order valence-corrected chi connectivity index (χ3v) is 2.54. The molecule has 0 aromatic heterocycles. The van der Waals surface area contributed by atoms with Crippen molar-refractivity contribution in [2.24, 2.45) is 0 Å². The van der Waals surface area contributed by atoms with Crippen LogP contribution in [0.15, 0.2) is 18.2 Å². The van der Waals surface area contributed by atoms with Crippen molar-refractivity contribution < 1.29 is 19.1 Å². The summed E-state index contributed by atoms with van der Waals surface area (Å²) in [4.78, 5) is 34.7. The Labute approximate surface area is 133 Å². The molecule has 0 saturated carbocycles. The van der Waals surface area contributed by atoms with Crippen molar-refractivity contribution in [1.29, 1.82) is 0 Å². The van der Waals surface area contributed by atoms with Crippen molar-refractivity contribution >= 4 is 35.2 Å². The Bertz CT molecular complexity index is 596. The number of nitrogens with one attached hydrogen (secondary N) is 2. The number of carbonyl (C=O) groups excluding carboxylic acids is 3. The molecule has 0 aliphatic heterocycles. The lowest BCUT2D eigenvalue weighted by Crippen LogP contribution is -2.49. The lowest BCUT2D eigenvalue weighted by molar-refractivity contribution is -0.123. The van der Waals surface area contributed by atoms with Crippen LogP contribution in [0.1, 0.15) is 31.1 Å². The third-order valence-electron chi connectivity index (χ3n) is 2.31. The molecular formula is C14H18ClN3O4. The van der Waals surface area contributed by atoms with Crippen molar-refractivity contribution in [3.8, 4) is 0 Å². The van der Waals surface area contributed by atoms with Crippen LogP contribution < -0.4 is 16.4 Å². The number of imide groups is 1. The van der Waals surface area contributed by atoms with Gasteiger partial charge in [-0.05, 0) is 39.0 Å². The van der Waals surface area contributed by atoms with E-state index in [4.69, 9.17) is 22.1 Å². The summed E-state index contributed by atoms with van der Waals surface area (Å²) in [5, 5.41) is 4.97. The summed E-state index contributed by atoms with van der Waals surface area (Å²) >= 11 is 5.72. The number of urea groups is 1. The number of halogens is 1. The second-order valence-corrected chi connectivity index (χ2v) is 6.00. The summed E-state index contributed by atoms with van der Waals surface area (Å²) in [5.74, 6) is -1.52. The zero-order chi connectivity index (χ0) is 16.9. The average Bonchev–Trinajstić information content (AvgIpc) is 2.33. The minimum Gasteiger partial charge on any atom is -0.452 e. The molecule has 0 spiro atoms. The number of anilines is 1. The first-order chi connectivity index (χ1) is 10.1. The molecule has 8 heteroatoms. The van der Waals surface area contributed by atoms with E-state index in [2.05, 4.69) is 5.32 Å². The molecule has 0 aliphatic rings. The molecule has 0 unspecified atom stereocenters. The quantitative estimate of drug-likeness (QED) is 0.578. The number of benzene rings is 1. The Morgan fingerprint density at radius 1 is 1.27 bits per heavy atom. The van der Waals surface area contributed by atoms with E-state index in [-0.39, 0.29) is 11.3 Å². The van der Waals surface area contributed by atoms with Gasteiger partial charge in [0.15, 0.2) is 6.61 Å². The molecule has 120 valence electrons. The van der Waals surface area contributed by atoms with Crippen molar-refractivity contribution in [3.63, 3.8) is 0 Å². The highest BCUT2D eigenvalue weighted by atomic mass is 35.5. The fraction of sp³-hybridized carbons (Fsp3) is 0.357. The van der Waals surface area contributed by atoms with Gasteiger partial charge in [0, 0.05) is 16.2 Å². The van der Waals surface area contributed by atoms with Crippen LogP contribution in [0, 0.1) is 0 Å². The summed E-state index contributed by atoms with van der Waals surface area (Å²) < 4.78 is 4.79. The van der Waals surface area contributed by atoms with Crippen molar-refractivity contribution in [2.45, 2.75) is 26.3 Å². The predicted octanol–water partition coefficient (Wildman–Crippen LogP) is 1.70. The van der Waals surface area contributed by atoms with Crippen LogP contribution in [0.2, 0.25) is 5.02 Å². The van der Waals surface area contributed by atoms with Crippen molar-refractivity contribution in [1.82, 2.24) is 10.6 Å². The Balaban J connectivity index is 2.50. The van der Waals surface area contributed by atoms with Crippen LogP contribution in [0.3, 0.4) is 0 Å². The second-order valence-electron chi connectivity index (χ2n) is 5.56. The Hall–Kier alpha value is -2.28. The number of hydrogen-bond donors (Lipinski definition) is 3. The Morgan fingerprint density at radius 2 is 1.91 bits per heavy atom. The fourth-order valence-electron chi connectivity index (χ4n) is 1.46. The van der Waals surface area contributed by atoms with E-state index in [1.807, 2.05) is 5.32 Å². The van der Waals surface area contributed by atoms with Crippen molar-refractivity contribution in [2.75, 3.05) is 12.3 Å². The van der Waals surface area contributed by atoms with E-state index in [9.17, 15) is 14.4 Å². The fourth-order valence-corrected chi connectivity index (χ4v) is 1.64. The summed E-state index contributed by atoms with van der Waals surface area (Å²) in [5.41, 5.74) is 5.38. The van der Waals surface area contributed by atoms with Gasteiger partial charge in [-0.15, -0.1) is 0 Å². The molecule has 0 fully saturated rings. The van der Waals surface area contributed by atoms with Gasteiger partial charge in [-0.2, -0.15) is 0 Å². The van der Waals surface area contributed by atoms with E-state index in [0.717, 1.165) is 0 Å². The summed E-state index contributed by atoms with van der Waals surface area (Å²) in [6.45, 7) is 4.69. The normalized spacial score (nSPS) is 10.7. The maximum atomic E-state index is 11.8. The molecule has 4 N–H and O–H groups in total. The minimum absolute atomic E-state index is 0.0938. The number of rotatable bonds is 3. The smallest absolute Gasteiger partial charge is 0.340 e. The minimum atomic E-state index is -0.777. The molecular weight excluding hydrogens is 310 g/mol. The molecule has 0 atom stereocenters. The monoisotopic (exact) mass is 327 g/mol. The van der Waals surface area contributed by atoms with Crippen LogP contribution in [-0.2, 0) is 9.53 Å². The van der Waals surface area contributed by atoms with Gasteiger partial charge in [-0.25, -0.2) is 9.59 Å². The van der Waals surface area contributed by atoms with E-state index in [1.54, 1.807) is 20.8 Å². The number of ether oxygens (including phenoxy) is 1. The van der Waals surface area contributed by atoms with Crippen molar-refractivity contribution in [3.05, 3.63) is 28.8 Å². The van der Waals surface area contributed by atoms with Gasteiger partial charge in [0.2, 0.25) is 0 Å². The molecule has 0 aliphatic carbocycles. The van der Waals surface area contributed by atoms with E-state index >= 15 is 0 Å². The van der Waals surface area contributed by atoms with Gasteiger partial charge in [-0.1, -0.05) is 11.6 Å². The topological polar surface area (TPSA) is 111 Å².